The molecule has 0 bridgehead atoms. The Morgan fingerprint density at radius 3 is 2.50 bits per heavy atom. The van der Waals surface area contributed by atoms with Gasteiger partial charge in [-0.3, -0.25) is 0 Å². The van der Waals surface area contributed by atoms with E-state index in [1.54, 1.807) is 6.82 Å². The molecular weight excluding hydrogens is 345 g/mol. The van der Waals surface area contributed by atoms with Crippen LogP contribution in [0.15, 0.2) is 60.7 Å². The van der Waals surface area contributed by atoms with Crippen molar-refractivity contribution in [1.82, 2.24) is 0 Å². The molecule has 0 radical (unpaired) electrons. The minimum atomic E-state index is -0.565. The molecular formula is C21H21BClNO2. The van der Waals surface area contributed by atoms with Crippen molar-refractivity contribution in [2.75, 3.05) is 17.2 Å². The van der Waals surface area contributed by atoms with Crippen LogP contribution in [-0.2, 0) is 6.61 Å². The SMILES string of the molecule is CB(O)N1C[C@@H](CCl)c2c1cc(OCc1ccccc1)c1ccccc21. The molecule has 3 aromatic rings. The number of fused-ring (bicyclic) bond motifs is 3. The van der Waals surface area contributed by atoms with Crippen molar-refractivity contribution in [2.24, 2.45) is 0 Å². The second-order valence-electron chi connectivity index (χ2n) is 6.76. The number of hydrogen-bond acceptors (Lipinski definition) is 3. The van der Waals surface area contributed by atoms with E-state index in [1.807, 2.05) is 35.1 Å². The van der Waals surface area contributed by atoms with Crippen LogP contribution >= 0.6 is 11.6 Å². The third-order valence-corrected chi connectivity index (χ3v) is 5.41. The molecule has 0 saturated carbocycles. The normalized spacial score (nSPS) is 16.0. The fraction of sp³-hybridized carbons (Fsp3) is 0.238. The van der Waals surface area contributed by atoms with Crippen LogP contribution in [0.3, 0.4) is 0 Å². The summed E-state index contributed by atoms with van der Waals surface area (Å²) in [5, 5.41) is 12.5. The minimum Gasteiger partial charge on any atom is -0.488 e. The Kier molecular flexibility index (Phi) is 4.79. The van der Waals surface area contributed by atoms with Gasteiger partial charge in [-0.1, -0.05) is 54.6 Å². The Morgan fingerprint density at radius 1 is 1.12 bits per heavy atom. The average molecular weight is 366 g/mol. The molecule has 26 heavy (non-hydrogen) atoms. The lowest BCUT2D eigenvalue weighted by Gasteiger charge is -2.21. The second-order valence-corrected chi connectivity index (χ2v) is 7.07. The first-order chi connectivity index (χ1) is 12.7. The molecule has 1 heterocycles. The molecule has 0 unspecified atom stereocenters. The van der Waals surface area contributed by atoms with Crippen molar-refractivity contribution in [1.29, 1.82) is 0 Å². The Labute approximate surface area is 159 Å². The number of nitrogens with zero attached hydrogens (tertiary/aromatic N) is 1. The maximum Gasteiger partial charge on any atom is 0.409 e. The van der Waals surface area contributed by atoms with Crippen LogP contribution < -0.4 is 9.55 Å². The van der Waals surface area contributed by atoms with Gasteiger partial charge in [-0.2, -0.15) is 0 Å². The lowest BCUT2D eigenvalue weighted by Crippen LogP contribution is -2.36. The van der Waals surface area contributed by atoms with Crippen molar-refractivity contribution >= 4 is 35.1 Å². The summed E-state index contributed by atoms with van der Waals surface area (Å²) < 4.78 is 6.19. The van der Waals surface area contributed by atoms with Crippen molar-refractivity contribution in [3.05, 3.63) is 71.8 Å². The predicted octanol–water partition coefficient (Wildman–Crippen LogP) is 4.67. The summed E-state index contributed by atoms with van der Waals surface area (Å²) in [4.78, 5) is 2.00. The van der Waals surface area contributed by atoms with Crippen LogP contribution in [0.4, 0.5) is 5.69 Å². The molecule has 0 aliphatic carbocycles. The number of halogens is 1. The fourth-order valence-corrected chi connectivity index (χ4v) is 4.03. The minimum absolute atomic E-state index is 0.203. The molecule has 5 heteroatoms. The quantitative estimate of drug-likeness (QED) is 0.527. The fourth-order valence-electron chi connectivity index (χ4n) is 3.78. The van der Waals surface area contributed by atoms with E-state index in [-0.39, 0.29) is 5.92 Å². The first-order valence-electron chi connectivity index (χ1n) is 8.92. The summed E-state index contributed by atoms with van der Waals surface area (Å²) in [6.45, 7) is 3.03. The molecule has 3 aromatic carbocycles. The van der Waals surface area contributed by atoms with Crippen molar-refractivity contribution in [3.63, 3.8) is 0 Å². The van der Waals surface area contributed by atoms with Crippen LogP contribution in [-0.4, -0.2) is 24.5 Å². The number of rotatable bonds is 5. The van der Waals surface area contributed by atoms with Gasteiger partial charge in [0.2, 0.25) is 0 Å². The summed E-state index contributed by atoms with van der Waals surface area (Å²) in [5.41, 5.74) is 3.36. The molecule has 0 saturated heterocycles. The van der Waals surface area contributed by atoms with E-state index in [0.29, 0.717) is 12.5 Å². The summed E-state index contributed by atoms with van der Waals surface area (Å²) >= 11 is 6.25. The van der Waals surface area contributed by atoms with Gasteiger partial charge in [0.25, 0.3) is 0 Å². The highest BCUT2D eigenvalue weighted by atomic mass is 35.5. The Morgan fingerprint density at radius 2 is 1.81 bits per heavy atom. The van der Waals surface area contributed by atoms with E-state index in [4.69, 9.17) is 16.3 Å². The van der Waals surface area contributed by atoms with Gasteiger partial charge in [-0.05, 0) is 23.3 Å². The molecule has 0 fully saturated rings. The summed E-state index contributed by atoms with van der Waals surface area (Å²) in [5.74, 6) is 1.57. The van der Waals surface area contributed by atoms with E-state index in [0.717, 1.165) is 34.3 Å². The van der Waals surface area contributed by atoms with Gasteiger partial charge in [-0.15, -0.1) is 11.6 Å². The Balaban J connectivity index is 1.80. The number of ether oxygens (including phenoxy) is 1. The van der Waals surface area contributed by atoms with Crippen molar-refractivity contribution in [2.45, 2.75) is 19.3 Å². The first kappa shape index (κ1) is 17.3. The number of hydrogen-bond donors (Lipinski definition) is 1. The van der Waals surface area contributed by atoms with E-state index in [1.165, 1.54) is 5.56 Å². The molecule has 3 nitrogen and oxygen atoms in total. The molecule has 0 amide bonds. The molecule has 4 rings (SSSR count). The molecule has 1 atom stereocenters. The van der Waals surface area contributed by atoms with Crippen LogP contribution in [0.1, 0.15) is 17.0 Å². The van der Waals surface area contributed by atoms with E-state index in [9.17, 15) is 5.02 Å². The highest BCUT2D eigenvalue weighted by Crippen LogP contribution is 2.45. The summed E-state index contributed by atoms with van der Waals surface area (Å²) in [7, 11) is -0.565. The molecule has 0 spiro atoms. The maximum atomic E-state index is 10.2. The molecule has 132 valence electrons. The van der Waals surface area contributed by atoms with Crippen LogP contribution in [0.25, 0.3) is 10.8 Å². The van der Waals surface area contributed by atoms with Crippen LogP contribution in [0.5, 0.6) is 5.75 Å². The zero-order chi connectivity index (χ0) is 18.1. The topological polar surface area (TPSA) is 32.7 Å². The van der Waals surface area contributed by atoms with Gasteiger partial charge in [0, 0.05) is 35.5 Å². The Bertz CT molecular complexity index is 917. The summed E-state index contributed by atoms with van der Waals surface area (Å²) in [6, 6.07) is 20.5. The van der Waals surface area contributed by atoms with Gasteiger partial charge in [-0.25, -0.2) is 0 Å². The predicted molar refractivity (Wildman–Crippen MR) is 109 cm³/mol. The molecule has 1 N–H and O–H groups in total. The van der Waals surface area contributed by atoms with Gasteiger partial charge < -0.3 is 14.6 Å². The largest absolute Gasteiger partial charge is 0.488 e. The molecule has 0 aromatic heterocycles. The average Bonchev–Trinajstić information content (AvgIpc) is 3.06. The molecule has 1 aliphatic heterocycles. The monoisotopic (exact) mass is 365 g/mol. The smallest absolute Gasteiger partial charge is 0.409 e. The number of benzene rings is 3. The number of anilines is 1. The van der Waals surface area contributed by atoms with E-state index < -0.39 is 7.05 Å². The first-order valence-corrected chi connectivity index (χ1v) is 9.45. The van der Waals surface area contributed by atoms with Crippen LogP contribution in [0.2, 0.25) is 6.82 Å². The highest BCUT2D eigenvalue weighted by molar-refractivity contribution is 6.54. The van der Waals surface area contributed by atoms with Crippen molar-refractivity contribution in [3.8, 4) is 5.75 Å². The molecule has 1 aliphatic rings. The zero-order valence-corrected chi connectivity index (χ0v) is 15.5. The third kappa shape index (κ3) is 3.04. The zero-order valence-electron chi connectivity index (χ0n) is 14.7. The second kappa shape index (κ2) is 7.22. The summed E-state index contributed by atoms with van der Waals surface area (Å²) in [6.07, 6.45) is 0. The third-order valence-electron chi connectivity index (χ3n) is 5.04. The van der Waals surface area contributed by atoms with Gasteiger partial charge in [0.05, 0.1) is 0 Å². The van der Waals surface area contributed by atoms with E-state index >= 15 is 0 Å². The number of alkyl halides is 1. The van der Waals surface area contributed by atoms with Crippen molar-refractivity contribution < 1.29 is 9.76 Å². The standard InChI is InChI=1S/C21H21BClNO2/c1-22(25)24-13-16(12-23)21-18-10-6-5-9-17(18)20(11-19(21)24)26-14-15-7-3-2-4-8-15/h2-11,16,25H,12-14H2,1H3/t16-/m1/s1. The van der Waals surface area contributed by atoms with Crippen LogP contribution in [0, 0.1) is 0 Å². The lowest BCUT2D eigenvalue weighted by atomic mass is 9.85. The lowest BCUT2D eigenvalue weighted by molar-refractivity contribution is 0.310. The van der Waals surface area contributed by atoms with Gasteiger partial charge in [0.15, 0.2) is 0 Å². The van der Waals surface area contributed by atoms with E-state index in [2.05, 4.69) is 30.3 Å². The van der Waals surface area contributed by atoms with Gasteiger partial charge in [0.1, 0.15) is 12.4 Å². The highest BCUT2D eigenvalue weighted by Gasteiger charge is 2.34. The maximum absolute atomic E-state index is 10.2. The Hall–Kier alpha value is -2.17. The van der Waals surface area contributed by atoms with Gasteiger partial charge >= 0.3 is 7.05 Å².